The molecule has 9 heteroatoms. The second-order valence-corrected chi connectivity index (χ2v) is 9.32. The number of hydrogen-bond acceptors (Lipinski definition) is 3. The topological polar surface area (TPSA) is 85.9 Å². The van der Waals surface area contributed by atoms with Crippen LogP contribution in [0.2, 0.25) is 0 Å². The van der Waals surface area contributed by atoms with Crippen LogP contribution in [-0.2, 0) is 16.0 Å². The largest absolute Gasteiger partial charge is 0.444 e. The second kappa shape index (κ2) is 6.82. The van der Waals surface area contributed by atoms with Gasteiger partial charge in [-0.25, -0.2) is 13.4 Å². The lowest BCUT2D eigenvalue weighted by Gasteiger charge is -2.31. The predicted octanol–water partition coefficient (Wildman–Crippen LogP) is 3.22. The van der Waals surface area contributed by atoms with Crippen molar-refractivity contribution in [3.8, 4) is 0 Å². The lowest BCUT2D eigenvalue weighted by atomic mass is 9.91. The molecule has 0 aliphatic carbocycles. The molecule has 0 spiro atoms. The summed E-state index contributed by atoms with van der Waals surface area (Å²) in [6.45, 7) is 6.24. The van der Waals surface area contributed by atoms with Crippen LogP contribution < -0.4 is 0 Å². The zero-order valence-electron chi connectivity index (χ0n) is 16.0. The fourth-order valence-corrected chi connectivity index (χ4v) is 5.21. The average Bonchev–Trinajstić information content (AvgIpc) is 3.25. The maximum absolute atomic E-state index is 13.6. The Bertz CT molecular complexity index is 941. The Balaban J connectivity index is 1.72. The summed E-state index contributed by atoms with van der Waals surface area (Å²) >= 11 is -2.13. The third kappa shape index (κ3) is 3.31. The van der Waals surface area contributed by atoms with Gasteiger partial charge in [-0.15, -0.1) is 0 Å². The molecule has 0 saturated carbocycles. The number of halogens is 1. The van der Waals surface area contributed by atoms with Gasteiger partial charge in [0.05, 0.1) is 6.04 Å². The van der Waals surface area contributed by atoms with Crippen molar-refractivity contribution in [1.82, 2.24) is 14.2 Å². The molecule has 2 aliphatic rings. The molecule has 1 unspecified atom stereocenters. The standard InChI is InChI=1S/C19H24FN3O4S/c1-19(2,3)27-18(24)22-7-6-16-17(22)14(10-23(16)28(25)26)13-9-21-15-8-11(20)4-5-12(13)15/h4-5,8-9,14,16-17,21H,6-7,10H2,1-3H3,(H,25,26)/t14-,16+,17+/m0/s1. The number of H-pyrrole nitrogens is 1. The lowest BCUT2D eigenvalue weighted by molar-refractivity contribution is 0.0213. The van der Waals surface area contributed by atoms with E-state index >= 15 is 0 Å². The molecule has 4 rings (SSSR count). The number of benzene rings is 1. The van der Waals surface area contributed by atoms with Gasteiger partial charge in [0.1, 0.15) is 11.4 Å². The van der Waals surface area contributed by atoms with E-state index in [1.165, 1.54) is 16.4 Å². The maximum atomic E-state index is 13.6. The van der Waals surface area contributed by atoms with Crippen molar-refractivity contribution >= 4 is 28.3 Å². The highest BCUT2D eigenvalue weighted by atomic mass is 32.2. The highest BCUT2D eigenvalue weighted by Crippen LogP contribution is 2.43. The van der Waals surface area contributed by atoms with Crippen molar-refractivity contribution in [2.45, 2.75) is 50.8 Å². The summed E-state index contributed by atoms with van der Waals surface area (Å²) in [7, 11) is 0. The summed E-state index contributed by atoms with van der Waals surface area (Å²) in [5, 5.41) is 0.853. The summed E-state index contributed by atoms with van der Waals surface area (Å²) in [5.74, 6) is -0.519. The minimum atomic E-state index is -2.13. The first kappa shape index (κ1) is 19.4. The molecule has 2 saturated heterocycles. The molecule has 152 valence electrons. The number of aromatic amines is 1. The van der Waals surface area contributed by atoms with Crippen LogP contribution in [0.25, 0.3) is 10.9 Å². The monoisotopic (exact) mass is 409 g/mol. The van der Waals surface area contributed by atoms with Gasteiger partial charge in [-0.2, -0.15) is 4.31 Å². The molecule has 0 radical (unpaired) electrons. The molecule has 2 aromatic rings. The number of amides is 1. The molecule has 28 heavy (non-hydrogen) atoms. The minimum Gasteiger partial charge on any atom is -0.444 e. The average molecular weight is 409 g/mol. The van der Waals surface area contributed by atoms with Gasteiger partial charge in [0, 0.05) is 42.1 Å². The molecule has 7 nitrogen and oxygen atoms in total. The summed E-state index contributed by atoms with van der Waals surface area (Å²) in [6, 6.07) is 4.02. The Morgan fingerprint density at radius 2 is 2.14 bits per heavy atom. The van der Waals surface area contributed by atoms with Gasteiger partial charge in [-0.05, 0) is 51.0 Å². The van der Waals surface area contributed by atoms with Crippen LogP contribution in [0, 0.1) is 5.82 Å². The Labute approximate surface area is 165 Å². The van der Waals surface area contributed by atoms with Gasteiger partial charge >= 0.3 is 6.09 Å². The summed E-state index contributed by atoms with van der Waals surface area (Å²) in [5.41, 5.74) is 0.950. The van der Waals surface area contributed by atoms with E-state index in [0.717, 1.165) is 10.9 Å². The molecule has 0 bridgehead atoms. The van der Waals surface area contributed by atoms with Crippen molar-refractivity contribution in [2.75, 3.05) is 13.1 Å². The lowest BCUT2D eigenvalue weighted by Crippen LogP contribution is -2.44. The molecule has 2 N–H and O–H groups in total. The number of nitrogens with one attached hydrogen (secondary N) is 1. The zero-order chi connectivity index (χ0) is 20.2. The number of rotatable bonds is 2. The van der Waals surface area contributed by atoms with E-state index in [2.05, 4.69) is 4.98 Å². The highest BCUT2D eigenvalue weighted by Gasteiger charge is 2.53. The first-order valence-electron chi connectivity index (χ1n) is 9.29. The zero-order valence-corrected chi connectivity index (χ0v) is 16.8. The Morgan fingerprint density at radius 3 is 2.82 bits per heavy atom. The number of hydrogen-bond donors (Lipinski definition) is 2. The number of ether oxygens (including phenoxy) is 1. The fourth-order valence-electron chi connectivity index (χ4n) is 4.46. The van der Waals surface area contributed by atoms with Crippen molar-refractivity contribution in [3.63, 3.8) is 0 Å². The van der Waals surface area contributed by atoms with E-state index in [-0.39, 0.29) is 23.8 Å². The minimum absolute atomic E-state index is 0.185. The Hall–Kier alpha value is -1.97. The molecule has 1 aromatic carbocycles. The third-order valence-electron chi connectivity index (χ3n) is 5.48. The molecule has 2 fully saturated rings. The molecule has 2 aliphatic heterocycles. The van der Waals surface area contributed by atoms with Crippen molar-refractivity contribution < 1.29 is 22.7 Å². The van der Waals surface area contributed by atoms with E-state index in [9.17, 15) is 17.9 Å². The van der Waals surface area contributed by atoms with Gasteiger partial charge in [-0.3, -0.25) is 4.55 Å². The number of carbonyl (C=O) groups is 1. The number of nitrogens with zero attached hydrogens (tertiary/aromatic N) is 2. The van der Waals surface area contributed by atoms with E-state index in [4.69, 9.17) is 4.74 Å². The molecule has 1 amide bonds. The van der Waals surface area contributed by atoms with E-state index < -0.39 is 23.0 Å². The van der Waals surface area contributed by atoms with Crippen LogP contribution in [0.15, 0.2) is 24.4 Å². The molecule has 4 atom stereocenters. The van der Waals surface area contributed by atoms with E-state index in [1.54, 1.807) is 17.2 Å². The first-order valence-corrected chi connectivity index (χ1v) is 10.4. The van der Waals surface area contributed by atoms with Gasteiger partial charge < -0.3 is 14.6 Å². The molecule has 3 heterocycles. The van der Waals surface area contributed by atoms with Crippen LogP contribution >= 0.6 is 0 Å². The summed E-state index contributed by atoms with van der Waals surface area (Å²) in [4.78, 5) is 17.5. The normalized spacial score (nSPS) is 26.6. The second-order valence-electron chi connectivity index (χ2n) is 8.39. The third-order valence-corrected chi connectivity index (χ3v) is 6.30. The van der Waals surface area contributed by atoms with Gasteiger partial charge in [0.15, 0.2) is 0 Å². The smallest absolute Gasteiger partial charge is 0.410 e. The number of carbonyl (C=O) groups excluding carboxylic acids is 1. The van der Waals surface area contributed by atoms with Crippen molar-refractivity contribution in [3.05, 3.63) is 35.8 Å². The number of likely N-dealkylation sites (tertiary alicyclic amines) is 1. The van der Waals surface area contributed by atoms with Crippen molar-refractivity contribution in [1.29, 1.82) is 0 Å². The molecular weight excluding hydrogens is 385 g/mol. The summed E-state index contributed by atoms with van der Waals surface area (Å²) < 4.78 is 42.4. The van der Waals surface area contributed by atoms with E-state index in [1.807, 2.05) is 20.8 Å². The van der Waals surface area contributed by atoms with Gasteiger partial charge in [0.2, 0.25) is 11.3 Å². The SMILES string of the molecule is CC(C)(C)OC(=O)N1CC[C@@H]2[C@H]1[C@H](c1c[nH]c3cc(F)ccc13)CN2S(=O)O. The van der Waals surface area contributed by atoms with Crippen LogP contribution in [-0.4, -0.2) is 59.8 Å². The van der Waals surface area contributed by atoms with Crippen LogP contribution in [0.1, 0.15) is 38.7 Å². The fraction of sp³-hybridized carbons (Fsp3) is 0.526. The molecular formula is C19H24FN3O4S. The van der Waals surface area contributed by atoms with E-state index in [0.29, 0.717) is 25.0 Å². The quantitative estimate of drug-likeness (QED) is 0.746. The predicted molar refractivity (Wildman–Crippen MR) is 104 cm³/mol. The van der Waals surface area contributed by atoms with Gasteiger partial charge in [-0.1, -0.05) is 0 Å². The van der Waals surface area contributed by atoms with Crippen LogP contribution in [0.5, 0.6) is 0 Å². The maximum Gasteiger partial charge on any atom is 0.410 e. The first-order chi connectivity index (χ1) is 13.2. The highest BCUT2D eigenvalue weighted by molar-refractivity contribution is 7.76. The van der Waals surface area contributed by atoms with Gasteiger partial charge in [0.25, 0.3) is 0 Å². The summed E-state index contributed by atoms with van der Waals surface area (Å²) in [6.07, 6.45) is 1.99. The van der Waals surface area contributed by atoms with Crippen LogP contribution in [0.4, 0.5) is 9.18 Å². The number of aromatic nitrogens is 1. The van der Waals surface area contributed by atoms with Crippen LogP contribution in [0.3, 0.4) is 0 Å². The Kier molecular flexibility index (Phi) is 4.71. The molecule has 1 aromatic heterocycles. The Morgan fingerprint density at radius 1 is 1.39 bits per heavy atom. The number of fused-ring (bicyclic) bond motifs is 2. The van der Waals surface area contributed by atoms with Crippen molar-refractivity contribution in [2.24, 2.45) is 0 Å².